The molecule has 0 aliphatic carbocycles. The van der Waals surface area contributed by atoms with Gasteiger partial charge in [-0.25, -0.2) is 0 Å². The van der Waals surface area contributed by atoms with Crippen LogP contribution in [0, 0.1) is 0 Å². The molecular formula is C14H20ClNO2. The van der Waals surface area contributed by atoms with E-state index in [0.29, 0.717) is 6.61 Å². The lowest BCUT2D eigenvalue weighted by molar-refractivity contribution is -0.0204. The molecule has 0 spiro atoms. The van der Waals surface area contributed by atoms with Gasteiger partial charge in [0.2, 0.25) is 0 Å². The average molecular weight is 270 g/mol. The quantitative estimate of drug-likeness (QED) is 0.861. The Morgan fingerprint density at radius 3 is 3.11 bits per heavy atom. The van der Waals surface area contributed by atoms with Crippen LogP contribution in [0.3, 0.4) is 0 Å². The van der Waals surface area contributed by atoms with Gasteiger partial charge in [0.25, 0.3) is 0 Å². The third kappa shape index (κ3) is 3.95. The summed E-state index contributed by atoms with van der Waals surface area (Å²) in [5.41, 5.74) is 1.11. The van der Waals surface area contributed by atoms with Gasteiger partial charge in [-0.05, 0) is 37.6 Å². The molecule has 1 fully saturated rings. The van der Waals surface area contributed by atoms with Crippen LogP contribution < -0.4 is 5.32 Å². The second kappa shape index (κ2) is 7.10. The highest BCUT2D eigenvalue weighted by atomic mass is 35.5. The molecule has 1 aromatic rings. The van der Waals surface area contributed by atoms with Gasteiger partial charge in [-0.1, -0.05) is 23.7 Å². The maximum Gasteiger partial charge on any atom is 0.0950 e. The minimum Gasteiger partial charge on any atom is -0.376 e. The smallest absolute Gasteiger partial charge is 0.0950 e. The van der Waals surface area contributed by atoms with Crippen LogP contribution in [-0.2, 0) is 9.47 Å². The molecule has 0 saturated carbocycles. The molecule has 18 heavy (non-hydrogen) atoms. The topological polar surface area (TPSA) is 30.5 Å². The van der Waals surface area contributed by atoms with Crippen LogP contribution in [0.4, 0.5) is 0 Å². The summed E-state index contributed by atoms with van der Waals surface area (Å²) in [5, 5.41) is 3.90. The summed E-state index contributed by atoms with van der Waals surface area (Å²) in [4.78, 5) is 0. The van der Waals surface area contributed by atoms with Crippen molar-refractivity contribution in [1.29, 1.82) is 0 Å². The molecule has 0 aromatic heterocycles. The predicted octanol–water partition coefficient (Wildman–Crippen LogP) is 2.80. The first-order valence-electron chi connectivity index (χ1n) is 6.43. The van der Waals surface area contributed by atoms with Gasteiger partial charge in [0.1, 0.15) is 0 Å². The molecule has 0 amide bonds. The fourth-order valence-corrected chi connectivity index (χ4v) is 2.36. The Labute approximate surface area is 113 Å². The van der Waals surface area contributed by atoms with Crippen molar-refractivity contribution >= 4 is 11.6 Å². The molecule has 1 heterocycles. The number of benzene rings is 1. The molecular weight excluding hydrogens is 250 g/mol. The largest absolute Gasteiger partial charge is 0.376 e. The third-order valence-electron chi connectivity index (χ3n) is 3.12. The first-order valence-corrected chi connectivity index (χ1v) is 6.80. The summed E-state index contributed by atoms with van der Waals surface area (Å²) in [6.45, 7) is 2.29. The molecule has 1 N–H and O–H groups in total. The number of nitrogens with one attached hydrogen (secondary N) is 1. The van der Waals surface area contributed by atoms with Crippen LogP contribution in [0.5, 0.6) is 0 Å². The Balaban J connectivity index is 1.94. The minimum absolute atomic E-state index is 0.0258. The van der Waals surface area contributed by atoms with Gasteiger partial charge in [-0.15, -0.1) is 0 Å². The molecule has 2 atom stereocenters. The van der Waals surface area contributed by atoms with Gasteiger partial charge in [-0.2, -0.15) is 0 Å². The highest BCUT2D eigenvalue weighted by Crippen LogP contribution is 2.22. The van der Waals surface area contributed by atoms with E-state index in [9.17, 15) is 0 Å². The van der Waals surface area contributed by atoms with Gasteiger partial charge in [0.15, 0.2) is 0 Å². The van der Waals surface area contributed by atoms with E-state index in [2.05, 4.69) is 5.32 Å². The second-order valence-electron chi connectivity index (χ2n) is 4.57. The van der Waals surface area contributed by atoms with Gasteiger partial charge < -0.3 is 14.8 Å². The Morgan fingerprint density at radius 1 is 1.56 bits per heavy atom. The maximum atomic E-state index is 6.02. The Kier molecular flexibility index (Phi) is 5.45. The van der Waals surface area contributed by atoms with Crippen LogP contribution in [0.25, 0.3) is 0 Å². The third-order valence-corrected chi connectivity index (χ3v) is 3.35. The number of likely N-dealkylation sites (N-methyl/N-ethyl adjacent to an activating group) is 1. The van der Waals surface area contributed by atoms with E-state index in [1.807, 2.05) is 31.3 Å². The molecule has 1 saturated heterocycles. The van der Waals surface area contributed by atoms with Gasteiger partial charge in [0, 0.05) is 18.2 Å². The number of hydrogen-bond donors (Lipinski definition) is 1. The summed E-state index contributed by atoms with van der Waals surface area (Å²) in [6, 6.07) is 7.83. The average Bonchev–Trinajstić information content (AvgIpc) is 2.87. The van der Waals surface area contributed by atoms with Crippen molar-refractivity contribution < 1.29 is 9.47 Å². The minimum atomic E-state index is 0.0258. The fraction of sp³-hybridized carbons (Fsp3) is 0.571. The maximum absolute atomic E-state index is 6.02. The van der Waals surface area contributed by atoms with Crippen LogP contribution in [0.15, 0.2) is 24.3 Å². The van der Waals surface area contributed by atoms with E-state index < -0.39 is 0 Å². The summed E-state index contributed by atoms with van der Waals surface area (Å²) in [6.07, 6.45) is 2.52. The van der Waals surface area contributed by atoms with Gasteiger partial charge in [0.05, 0.1) is 18.8 Å². The van der Waals surface area contributed by atoms with E-state index in [0.717, 1.165) is 36.6 Å². The molecule has 4 heteroatoms. The molecule has 1 aliphatic heterocycles. The van der Waals surface area contributed by atoms with E-state index in [-0.39, 0.29) is 12.2 Å². The Morgan fingerprint density at radius 2 is 2.44 bits per heavy atom. The van der Waals surface area contributed by atoms with Crippen molar-refractivity contribution in [3.8, 4) is 0 Å². The lowest BCUT2D eigenvalue weighted by Gasteiger charge is -2.20. The zero-order chi connectivity index (χ0) is 12.8. The van der Waals surface area contributed by atoms with Gasteiger partial charge in [-0.3, -0.25) is 0 Å². The van der Waals surface area contributed by atoms with Gasteiger partial charge >= 0.3 is 0 Å². The van der Waals surface area contributed by atoms with Crippen LogP contribution in [0.2, 0.25) is 5.02 Å². The lowest BCUT2D eigenvalue weighted by atomic mass is 10.1. The highest BCUT2D eigenvalue weighted by Gasteiger charge is 2.19. The standard InChI is InChI=1S/C14H20ClNO2/c1-16-9-14(11-4-2-5-12(15)8-11)18-10-13-6-3-7-17-13/h2,4-5,8,13-14,16H,3,6-7,9-10H2,1H3. The Bertz CT molecular complexity index is 367. The normalized spacial score (nSPS) is 21.1. The first-order chi connectivity index (χ1) is 8.79. The van der Waals surface area contributed by atoms with Crippen molar-refractivity contribution in [3.63, 3.8) is 0 Å². The number of hydrogen-bond acceptors (Lipinski definition) is 3. The lowest BCUT2D eigenvalue weighted by Crippen LogP contribution is -2.24. The summed E-state index contributed by atoms with van der Waals surface area (Å²) >= 11 is 6.02. The van der Waals surface area contributed by atoms with Crippen LogP contribution in [-0.4, -0.2) is 32.9 Å². The summed E-state index contributed by atoms with van der Waals surface area (Å²) in [5.74, 6) is 0. The SMILES string of the molecule is CNCC(OCC1CCCO1)c1cccc(Cl)c1. The highest BCUT2D eigenvalue weighted by molar-refractivity contribution is 6.30. The number of rotatable bonds is 6. The molecule has 0 bridgehead atoms. The fourth-order valence-electron chi connectivity index (χ4n) is 2.16. The van der Waals surface area contributed by atoms with E-state index in [4.69, 9.17) is 21.1 Å². The zero-order valence-corrected chi connectivity index (χ0v) is 11.5. The molecule has 1 aromatic carbocycles. The molecule has 2 unspecified atom stereocenters. The van der Waals surface area contributed by atoms with Crippen LogP contribution in [0.1, 0.15) is 24.5 Å². The molecule has 100 valence electrons. The zero-order valence-electron chi connectivity index (χ0n) is 10.7. The molecule has 0 radical (unpaired) electrons. The number of ether oxygens (including phenoxy) is 2. The molecule has 2 rings (SSSR count). The number of halogens is 1. The summed E-state index contributed by atoms with van der Waals surface area (Å²) < 4.78 is 11.5. The summed E-state index contributed by atoms with van der Waals surface area (Å²) in [7, 11) is 1.92. The first kappa shape index (κ1) is 13.8. The molecule has 1 aliphatic rings. The van der Waals surface area contributed by atoms with Crippen molar-refractivity contribution in [2.45, 2.75) is 25.0 Å². The Hall–Kier alpha value is -0.610. The second-order valence-corrected chi connectivity index (χ2v) is 5.01. The van der Waals surface area contributed by atoms with Crippen molar-refractivity contribution in [1.82, 2.24) is 5.32 Å². The van der Waals surface area contributed by atoms with E-state index in [1.165, 1.54) is 0 Å². The van der Waals surface area contributed by atoms with Crippen molar-refractivity contribution in [3.05, 3.63) is 34.9 Å². The van der Waals surface area contributed by atoms with Crippen molar-refractivity contribution in [2.75, 3.05) is 26.8 Å². The predicted molar refractivity (Wildman–Crippen MR) is 73.0 cm³/mol. The van der Waals surface area contributed by atoms with E-state index >= 15 is 0 Å². The van der Waals surface area contributed by atoms with Crippen molar-refractivity contribution in [2.24, 2.45) is 0 Å². The molecule has 3 nitrogen and oxygen atoms in total. The monoisotopic (exact) mass is 269 g/mol. The van der Waals surface area contributed by atoms with E-state index in [1.54, 1.807) is 0 Å². The van der Waals surface area contributed by atoms with Crippen LogP contribution >= 0.6 is 11.6 Å².